The molecular formula is C17H22N2O. The first-order valence-corrected chi connectivity index (χ1v) is 7.44. The number of rotatable bonds is 4. The van der Waals surface area contributed by atoms with Crippen LogP contribution in [0.1, 0.15) is 53.6 Å². The zero-order chi connectivity index (χ0) is 14.1. The van der Waals surface area contributed by atoms with Gasteiger partial charge < -0.3 is 9.73 Å². The Labute approximate surface area is 120 Å². The van der Waals surface area contributed by atoms with Crippen LogP contribution in [0.4, 0.5) is 0 Å². The second kappa shape index (κ2) is 5.41. The summed E-state index contributed by atoms with van der Waals surface area (Å²) in [6.07, 6.45) is 4.20. The Morgan fingerprint density at radius 3 is 3.00 bits per heavy atom. The van der Waals surface area contributed by atoms with Gasteiger partial charge in [0.2, 0.25) is 0 Å². The van der Waals surface area contributed by atoms with Crippen LogP contribution in [0.2, 0.25) is 0 Å². The minimum absolute atomic E-state index is 0.300. The number of nitrogens with zero attached hydrogens (tertiary/aromatic N) is 1. The van der Waals surface area contributed by atoms with Crippen LogP contribution in [-0.2, 0) is 6.42 Å². The van der Waals surface area contributed by atoms with E-state index in [0.717, 1.165) is 30.9 Å². The SMILES string of the molecule is CCNC(c1cc(C)oc1C)C1CCc2cccnc21. The summed E-state index contributed by atoms with van der Waals surface area (Å²) in [6.45, 7) is 7.18. The van der Waals surface area contributed by atoms with Crippen molar-refractivity contribution in [2.45, 2.75) is 45.6 Å². The maximum Gasteiger partial charge on any atom is 0.105 e. The molecule has 2 aromatic rings. The molecule has 1 aliphatic carbocycles. The molecule has 2 unspecified atom stereocenters. The van der Waals surface area contributed by atoms with E-state index in [1.807, 2.05) is 19.2 Å². The molecule has 0 saturated carbocycles. The normalized spacial score (nSPS) is 19.1. The van der Waals surface area contributed by atoms with Crippen molar-refractivity contribution in [2.75, 3.05) is 6.54 Å². The molecule has 0 saturated heterocycles. The highest BCUT2D eigenvalue weighted by molar-refractivity contribution is 5.35. The van der Waals surface area contributed by atoms with Crippen molar-refractivity contribution in [1.82, 2.24) is 10.3 Å². The van der Waals surface area contributed by atoms with Crippen molar-refractivity contribution in [2.24, 2.45) is 0 Å². The smallest absolute Gasteiger partial charge is 0.105 e. The molecule has 2 aromatic heterocycles. The molecule has 0 fully saturated rings. The molecule has 0 bridgehead atoms. The first kappa shape index (κ1) is 13.4. The lowest BCUT2D eigenvalue weighted by Gasteiger charge is -2.24. The van der Waals surface area contributed by atoms with E-state index in [0.29, 0.717) is 12.0 Å². The van der Waals surface area contributed by atoms with Crippen LogP contribution in [0.5, 0.6) is 0 Å². The molecule has 3 rings (SSSR count). The van der Waals surface area contributed by atoms with E-state index >= 15 is 0 Å². The van der Waals surface area contributed by atoms with Crippen LogP contribution in [0.3, 0.4) is 0 Å². The topological polar surface area (TPSA) is 38.1 Å². The highest BCUT2D eigenvalue weighted by Gasteiger charge is 2.33. The lowest BCUT2D eigenvalue weighted by molar-refractivity contribution is 0.432. The van der Waals surface area contributed by atoms with Crippen LogP contribution in [0, 0.1) is 13.8 Å². The summed E-state index contributed by atoms with van der Waals surface area (Å²) in [5.74, 6) is 2.46. The summed E-state index contributed by atoms with van der Waals surface area (Å²) in [7, 11) is 0. The predicted octanol–water partition coefficient (Wildman–Crippen LogP) is 3.67. The van der Waals surface area contributed by atoms with E-state index in [-0.39, 0.29) is 0 Å². The van der Waals surface area contributed by atoms with Gasteiger partial charge >= 0.3 is 0 Å². The minimum atomic E-state index is 0.300. The lowest BCUT2D eigenvalue weighted by Crippen LogP contribution is -2.26. The van der Waals surface area contributed by atoms with E-state index in [9.17, 15) is 0 Å². The number of pyridine rings is 1. The number of likely N-dealkylation sites (N-methyl/N-ethyl adjacent to an activating group) is 1. The van der Waals surface area contributed by atoms with Gasteiger partial charge in [0.15, 0.2) is 0 Å². The summed E-state index contributed by atoms with van der Waals surface area (Å²) < 4.78 is 5.73. The molecule has 2 heterocycles. The fraction of sp³-hybridized carbons (Fsp3) is 0.471. The van der Waals surface area contributed by atoms with Crippen LogP contribution < -0.4 is 5.32 Å². The van der Waals surface area contributed by atoms with Crippen molar-refractivity contribution >= 4 is 0 Å². The lowest BCUT2D eigenvalue weighted by atomic mass is 9.90. The maximum absolute atomic E-state index is 5.73. The van der Waals surface area contributed by atoms with Gasteiger partial charge in [-0.2, -0.15) is 0 Å². The number of furan rings is 1. The zero-order valence-electron chi connectivity index (χ0n) is 12.4. The Hall–Kier alpha value is -1.61. The fourth-order valence-electron chi connectivity index (χ4n) is 3.42. The number of hydrogen-bond donors (Lipinski definition) is 1. The maximum atomic E-state index is 5.73. The van der Waals surface area contributed by atoms with Crippen LogP contribution in [0.15, 0.2) is 28.8 Å². The van der Waals surface area contributed by atoms with Gasteiger partial charge in [-0.05, 0) is 50.9 Å². The van der Waals surface area contributed by atoms with Gasteiger partial charge in [0.05, 0.1) is 0 Å². The van der Waals surface area contributed by atoms with Gasteiger partial charge in [-0.3, -0.25) is 4.98 Å². The molecule has 20 heavy (non-hydrogen) atoms. The van der Waals surface area contributed by atoms with E-state index in [2.05, 4.69) is 36.3 Å². The standard InChI is InChI=1S/C17H22N2O/c1-4-18-17(15-10-11(2)20-12(15)3)14-8-7-13-6-5-9-19-16(13)14/h5-6,9-10,14,17-18H,4,7-8H2,1-3H3. The molecule has 0 amide bonds. The van der Waals surface area contributed by atoms with Crippen molar-refractivity contribution in [1.29, 1.82) is 0 Å². The third kappa shape index (κ3) is 2.27. The summed E-state index contributed by atoms with van der Waals surface area (Å²) in [6, 6.07) is 6.72. The van der Waals surface area contributed by atoms with E-state index in [4.69, 9.17) is 4.42 Å². The Balaban J connectivity index is 1.98. The average Bonchev–Trinajstić information content (AvgIpc) is 3.00. The minimum Gasteiger partial charge on any atom is -0.466 e. The molecule has 3 heteroatoms. The molecule has 0 aliphatic heterocycles. The fourth-order valence-corrected chi connectivity index (χ4v) is 3.42. The van der Waals surface area contributed by atoms with E-state index in [1.165, 1.54) is 16.8 Å². The second-order valence-electron chi connectivity index (χ2n) is 5.60. The highest BCUT2D eigenvalue weighted by atomic mass is 16.3. The summed E-state index contributed by atoms with van der Waals surface area (Å²) >= 11 is 0. The van der Waals surface area contributed by atoms with Gasteiger partial charge in [0.25, 0.3) is 0 Å². The third-order valence-corrected chi connectivity index (χ3v) is 4.24. The third-order valence-electron chi connectivity index (χ3n) is 4.24. The Morgan fingerprint density at radius 1 is 1.45 bits per heavy atom. The Kier molecular flexibility index (Phi) is 3.62. The first-order chi connectivity index (χ1) is 9.70. The first-order valence-electron chi connectivity index (χ1n) is 7.44. The number of hydrogen-bond acceptors (Lipinski definition) is 3. The monoisotopic (exact) mass is 270 g/mol. The molecule has 0 radical (unpaired) electrons. The van der Waals surface area contributed by atoms with Crippen molar-refractivity contribution in [3.8, 4) is 0 Å². The molecule has 1 aliphatic rings. The zero-order valence-corrected chi connectivity index (χ0v) is 12.4. The number of aryl methyl sites for hydroxylation is 3. The van der Waals surface area contributed by atoms with Gasteiger partial charge in [-0.25, -0.2) is 0 Å². The van der Waals surface area contributed by atoms with E-state index < -0.39 is 0 Å². The molecular weight excluding hydrogens is 248 g/mol. The Morgan fingerprint density at radius 2 is 2.30 bits per heavy atom. The molecule has 1 N–H and O–H groups in total. The van der Waals surface area contributed by atoms with Gasteiger partial charge in [0, 0.05) is 29.4 Å². The largest absolute Gasteiger partial charge is 0.466 e. The molecule has 106 valence electrons. The number of nitrogens with one attached hydrogen (secondary N) is 1. The molecule has 2 atom stereocenters. The summed E-state index contributed by atoms with van der Waals surface area (Å²) in [5, 5.41) is 3.64. The summed E-state index contributed by atoms with van der Waals surface area (Å²) in [5.41, 5.74) is 3.95. The van der Waals surface area contributed by atoms with Gasteiger partial charge in [-0.1, -0.05) is 13.0 Å². The predicted molar refractivity (Wildman–Crippen MR) is 79.9 cm³/mol. The van der Waals surface area contributed by atoms with Crippen LogP contribution >= 0.6 is 0 Å². The molecule has 0 aromatic carbocycles. The second-order valence-corrected chi connectivity index (χ2v) is 5.60. The van der Waals surface area contributed by atoms with Crippen molar-refractivity contribution in [3.05, 3.63) is 52.7 Å². The van der Waals surface area contributed by atoms with Crippen molar-refractivity contribution in [3.63, 3.8) is 0 Å². The van der Waals surface area contributed by atoms with Gasteiger partial charge in [-0.15, -0.1) is 0 Å². The van der Waals surface area contributed by atoms with Crippen molar-refractivity contribution < 1.29 is 4.42 Å². The van der Waals surface area contributed by atoms with Crippen LogP contribution in [0.25, 0.3) is 0 Å². The number of aromatic nitrogens is 1. The van der Waals surface area contributed by atoms with Gasteiger partial charge in [0.1, 0.15) is 11.5 Å². The quantitative estimate of drug-likeness (QED) is 0.921. The van der Waals surface area contributed by atoms with Crippen LogP contribution in [-0.4, -0.2) is 11.5 Å². The number of fused-ring (bicyclic) bond motifs is 1. The Bertz CT molecular complexity index is 603. The highest BCUT2D eigenvalue weighted by Crippen LogP contribution is 2.41. The average molecular weight is 270 g/mol. The molecule has 3 nitrogen and oxygen atoms in total. The molecule has 0 spiro atoms. The summed E-state index contributed by atoms with van der Waals surface area (Å²) in [4.78, 5) is 4.64. The van der Waals surface area contributed by atoms with E-state index in [1.54, 1.807) is 0 Å².